The molecule has 2 bridgehead atoms. The van der Waals surface area contributed by atoms with Crippen LogP contribution in [0.15, 0.2) is 24.3 Å². The van der Waals surface area contributed by atoms with Crippen LogP contribution in [0.1, 0.15) is 193 Å². The van der Waals surface area contributed by atoms with E-state index >= 15 is 0 Å². The highest BCUT2D eigenvalue weighted by Crippen LogP contribution is 2.84. The summed E-state index contributed by atoms with van der Waals surface area (Å²) in [6.07, 6.45) is 30.3. The zero-order valence-electron chi connectivity index (χ0n) is 38.4. The maximum absolute atomic E-state index is 13.2. The molecule has 1 aliphatic heterocycles. The molecule has 5 heteroatoms. The molecule has 1 aromatic carbocycles. The third kappa shape index (κ3) is 6.53. The minimum atomic E-state index is -1.02. The van der Waals surface area contributed by atoms with Gasteiger partial charge in [0.15, 0.2) is 5.79 Å². The average molecular weight is 813 g/mol. The van der Waals surface area contributed by atoms with E-state index in [1.165, 1.54) is 120 Å². The number of ether oxygens (including phenoxy) is 2. The van der Waals surface area contributed by atoms with E-state index in [-0.39, 0.29) is 39.1 Å². The van der Waals surface area contributed by atoms with Crippen molar-refractivity contribution in [1.82, 2.24) is 0 Å². The van der Waals surface area contributed by atoms with E-state index in [1.54, 1.807) is 7.11 Å². The fraction of sp³-hybridized carbons (Fsp3) is 0.870. The van der Waals surface area contributed by atoms with Crippen LogP contribution in [0.2, 0.25) is 0 Å². The van der Waals surface area contributed by atoms with Crippen molar-refractivity contribution in [1.29, 1.82) is 0 Å². The zero-order chi connectivity index (χ0) is 41.5. The van der Waals surface area contributed by atoms with E-state index in [9.17, 15) is 15.0 Å². The van der Waals surface area contributed by atoms with Crippen molar-refractivity contribution in [2.45, 2.75) is 207 Å². The summed E-state index contributed by atoms with van der Waals surface area (Å²) >= 11 is 0. The Hall–Kier alpha value is -1.43. The van der Waals surface area contributed by atoms with Gasteiger partial charge in [0.25, 0.3) is 0 Å². The van der Waals surface area contributed by atoms with Gasteiger partial charge in [-0.05, 0) is 165 Å². The second-order valence-corrected chi connectivity index (χ2v) is 24.0. The molecule has 0 aromatic heterocycles. The standard InChI is InChI=1S/C54H84O5/c1-7-14-43-53-27-24-42-50(4)31-30-48(2)28-29-49(3,47(55)56)36-44(48)52(50,26-13-9-12-17-37-15-10-8-11-16-37)35-41-23-22-40(46(53)51(41,42)5)34-54(43,57)59-45(53)33-39-20-18-38(19-21-39)25-32-58-6/h18-21,37,40-46,57H,7-17,22-36H2,1-6H3,(H,55,56)/t40-,41+,42-,43-,44+,45-,46-,48-,49+,50-,51+,52-,53+,54-/m0/s1. The summed E-state index contributed by atoms with van der Waals surface area (Å²) < 4.78 is 12.6. The Morgan fingerprint density at radius 2 is 1.56 bits per heavy atom. The van der Waals surface area contributed by atoms with Crippen molar-refractivity contribution in [2.24, 2.45) is 73.9 Å². The van der Waals surface area contributed by atoms with Gasteiger partial charge in [-0.15, -0.1) is 0 Å². The van der Waals surface area contributed by atoms with Gasteiger partial charge >= 0.3 is 5.97 Å². The van der Waals surface area contributed by atoms with Crippen LogP contribution in [-0.4, -0.2) is 41.8 Å². The summed E-state index contributed by atoms with van der Waals surface area (Å²) in [6.45, 7) is 13.4. The average Bonchev–Trinajstić information content (AvgIpc) is 3.35. The van der Waals surface area contributed by atoms with Gasteiger partial charge in [-0.1, -0.05) is 116 Å². The number of methoxy groups -OCH3 is 1. The van der Waals surface area contributed by atoms with Crippen LogP contribution in [0, 0.1) is 73.9 Å². The van der Waals surface area contributed by atoms with Gasteiger partial charge in [-0.2, -0.15) is 0 Å². The minimum absolute atomic E-state index is 0.0162. The van der Waals surface area contributed by atoms with Gasteiger partial charge < -0.3 is 19.7 Å². The van der Waals surface area contributed by atoms with E-state index in [2.05, 4.69) is 58.9 Å². The molecule has 1 aromatic rings. The van der Waals surface area contributed by atoms with Gasteiger partial charge in [0.2, 0.25) is 0 Å². The van der Waals surface area contributed by atoms with Crippen LogP contribution in [0.3, 0.4) is 0 Å². The van der Waals surface area contributed by atoms with Crippen molar-refractivity contribution in [3.63, 3.8) is 0 Å². The Morgan fingerprint density at radius 3 is 2.29 bits per heavy atom. The van der Waals surface area contributed by atoms with Crippen LogP contribution in [-0.2, 0) is 27.1 Å². The van der Waals surface area contributed by atoms with Crippen molar-refractivity contribution in [2.75, 3.05) is 13.7 Å². The molecular weight excluding hydrogens is 729 g/mol. The van der Waals surface area contributed by atoms with Crippen molar-refractivity contribution >= 4 is 5.97 Å². The predicted molar refractivity (Wildman–Crippen MR) is 237 cm³/mol. The Balaban J connectivity index is 1.08. The topological polar surface area (TPSA) is 76.0 Å². The first-order chi connectivity index (χ1) is 28.2. The number of rotatable bonds is 14. The fourth-order valence-corrected chi connectivity index (χ4v) is 18.8. The van der Waals surface area contributed by atoms with E-state index in [0.717, 1.165) is 63.9 Å². The normalized spacial score (nSPS) is 47.5. The quantitative estimate of drug-likeness (QED) is 0.183. The highest BCUT2D eigenvalue weighted by Gasteiger charge is 2.81. The van der Waals surface area contributed by atoms with E-state index in [0.29, 0.717) is 29.6 Å². The van der Waals surface area contributed by atoms with Crippen LogP contribution in [0.25, 0.3) is 0 Å². The van der Waals surface area contributed by atoms with Crippen molar-refractivity contribution in [3.8, 4) is 0 Å². The lowest BCUT2D eigenvalue weighted by atomic mass is 9.25. The van der Waals surface area contributed by atoms with E-state index in [4.69, 9.17) is 9.47 Å². The van der Waals surface area contributed by atoms with Crippen molar-refractivity contribution < 1.29 is 24.5 Å². The monoisotopic (exact) mass is 813 g/mol. The largest absolute Gasteiger partial charge is 0.481 e. The van der Waals surface area contributed by atoms with Crippen molar-refractivity contribution in [3.05, 3.63) is 35.4 Å². The molecule has 9 rings (SSSR count). The summed E-state index contributed by atoms with van der Waals surface area (Å²) in [5.74, 6) is 2.39. The van der Waals surface area contributed by atoms with E-state index in [1.807, 2.05) is 0 Å². The van der Waals surface area contributed by atoms with Gasteiger partial charge in [-0.25, -0.2) is 0 Å². The molecule has 0 amide bonds. The smallest absolute Gasteiger partial charge is 0.309 e. The number of hydrogen-bond donors (Lipinski definition) is 2. The molecule has 0 radical (unpaired) electrons. The third-order valence-electron chi connectivity index (χ3n) is 21.5. The summed E-state index contributed by atoms with van der Waals surface area (Å²) in [6, 6.07) is 9.25. The van der Waals surface area contributed by atoms with Gasteiger partial charge in [-0.3, -0.25) is 4.79 Å². The summed E-state index contributed by atoms with van der Waals surface area (Å²) in [5.41, 5.74) is 2.82. The number of carbonyl (C=O) groups is 1. The molecule has 59 heavy (non-hydrogen) atoms. The van der Waals surface area contributed by atoms with Gasteiger partial charge in [0, 0.05) is 24.9 Å². The number of fused-ring (bicyclic) bond motifs is 5. The molecule has 7 saturated carbocycles. The first-order valence-corrected chi connectivity index (χ1v) is 25.4. The SMILES string of the molecule is CCC[C@H]1[C@]23CC[C@@H]4[C@@]5(C)[C@H](CC[C@@H](C[C@]1(O)O[C@H]2Cc1ccc(CCOC)cc1)[C@@H]53)C[C@@]1(CCCCCC2CCCCC2)[C@@H]2C[C@](C)(C(=O)O)CC[C@@]2(C)CC[C@@]41C. The zero-order valence-corrected chi connectivity index (χ0v) is 38.4. The lowest BCUT2D eigenvalue weighted by Gasteiger charge is -2.79. The molecule has 0 unspecified atom stereocenters. The molecule has 330 valence electrons. The fourth-order valence-electron chi connectivity index (χ4n) is 18.8. The maximum atomic E-state index is 13.2. The third-order valence-corrected chi connectivity index (χ3v) is 21.5. The molecule has 1 heterocycles. The summed E-state index contributed by atoms with van der Waals surface area (Å²) in [4.78, 5) is 13.2. The number of unbranched alkanes of at least 4 members (excludes halogenated alkanes) is 2. The Labute approximate surface area is 359 Å². The highest BCUT2D eigenvalue weighted by molar-refractivity contribution is 5.74. The minimum Gasteiger partial charge on any atom is -0.481 e. The van der Waals surface area contributed by atoms with Crippen LogP contribution in [0.4, 0.5) is 0 Å². The first kappa shape index (κ1) is 42.9. The number of carboxylic acid groups (broad SMARTS) is 1. The van der Waals surface area contributed by atoms with Crippen LogP contribution < -0.4 is 0 Å². The molecule has 8 aliphatic rings. The summed E-state index contributed by atoms with van der Waals surface area (Å²) in [7, 11) is 1.78. The molecule has 5 nitrogen and oxygen atoms in total. The highest BCUT2D eigenvalue weighted by atomic mass is 16.6. The second-order valence-electron chi connectivity index (χ2n) is 24.0. The molecule has 1 spiro atoms. The molecular formula is C54H84O5. The first-order valence-electron chi connectivity index (χ1n) is 25.4. The number of aliphatic carboxylic acids is 1. The lowest BCUT2D eigenvalue weighted by molar-refractivity contribution is -0.316. The van der Waals surface area contributed by atoms with E-state index < -0.39 is 17.2 Å². The number of hydrogen-bond acceptors (Lipinski definition) is 4. The molecule has 1 saturated heterocycles. The maximum Gasteiger partial charge on any atom is 0.309 e. The molecule has 2 N–H and O–H groups in total. The Morgan fingerprint density at radius 1 is 0.814 bits per heavy atom. The number of aliphatic hydroxyl groups is 1. The molecule has 7 aliphatic carbocycles. The summed E-state index contributed by atoms with van der Waals surface area (Å²) in [5, 5.41) is 23.6. The van der Waals surface area contributed by atoms with Crippen LogP contribution >= 0.6 is 0 Å². The number of carboxylic acids is 1. The van der Waals surface area contributed by atoms with Gasteiger partial charge in [0.1, 0.15) is 0 Å². The van der Waals surface area contributed by atoms with Crippen LogP contribution in [0.5, 0.6) is 0 Å². The predicted octanol–water partition coefficient (Wildman–Crippen LogP) is 13.0. The number of benzene rings is 1. The lowest BCUT2D eigenvalue weighted by Crippen LogP contribution is -2.74. The Bertz CT molecular complexity index is 1670. The molecule has 14 atom stereocenters. The Kier molecular flexibility index (Phi) is 11.4. The molecule has 8 fully saturated rings. The second kappa shape index (κ2) is 15.7. The van der Waals surface area contributed by atoms with Gasteiger partial charge in [0.05, 0.1) is 18.1 Å².